The van der Waals surface area contributed by atoms with E-state index in [1.54, 1.807) is 11.3 Å². The number of aromatic nitrogens is 2. The molecule has 0 atom stereocenters. The van der Waals surface area contributed by atoms with Gasteiger partial charge < -0.3 is 4.90 Å². The molecule has 0 N–H and O–H groups in total. The minimum atomic E-state index is 0.0678. The third-order valence-corrected chi connectivity index (χ3v) is 6.04. The fourth-order valence-electron chi connectivity index (χ4n) is 3.38. The fraction of sp³-hybridized carbons (Fsp3) is 0.182. The van der Waals surface area contributed by atoms with Crippen molar-refractivity contribution in [2.75, 3.05) is 11.9 Å². The molecule has 0 amide bonds. The SMILES string of the molecule is CCn1c(=O)/c(=C2/C=Cc3ccccc3N2C)s/c1=C\c1cccc[n+]1C. The van der Waals surface area contributed by atoms with Gasteiger partial charge in [0.25, 0.3) is 5.56 Å². The van der Waals surface area contributed by atoms with Gasteiger partial charge in [-0.1, -0.05) is 24.3 Å². The zero-order valence-electron chi connectivity index (χ0n) is 15.7. The first kappa shape index (κ1) is 17.5. The molecule has 0 saturated carbocycles. The largest absolute Gasteiger partial charge is 0.343 e. The molecule has 27 heavy (non-hydrogen) atoms. The second kappa shape index (κ2) is 7.00. The predicted octanol–water partition coefficient (Wildman–Crippen LogP) is 1.85. The van der Waals surface area contributed by atoms with E-state index in [0.717, 1.165) is 26.3 Å². The number of anilines is 1. The van der Waals surface area contributed by atoms with E-state index in [-0.39, 0.29) is 5.56 Å². The van der Waals surface area contributed by atoms with Crippen molar-refractivity contribution in [1.29, 1.82) is 0 Å². The van der Waals surface area contributed by atoms with Crippen LogP contribution in [0.4, 0.5) is 5.69 Å². The number of benzene rings is 1. The van der Waals surface area contributed by atoms with E-state index in [0.29, 0.717) is 6.54 Å². The summed E-state index contributed by atoms with van der Waals surface area (Å²) in [6.07, 6.45) is 8.22. The first-order chi connectivity index (χ1) is 13.1. The summed E-state index contributed by atoms with van der Waals surface area (Å²) in [5, 5.41) is 0. The number of rotatable bonds is 2. The summed E-state index contributed by atoms with van der Waals surface area (Å²) in [5.74, 6) is 0. The van der Waals surface area contributed by atoms with Crippen LogP contribution in [0.1, 0.15) is 18.2 Å². The van der Waals surface area contributed by atoms with E-state index in [9.17, 15) is 4.79 Å². The van der Waals surface area contributed by atoms with Gasteiger partial charge in [0, 0.05) is 37.5 Å². The third kappa shape index (κ3) is 3.04. The molecule has 1 aliphatic rings. The molecule has 0 fully saturated rings. The molecule has 0 radical (unpaired) electrons. The number of likely N-dealkylation sites (N-methyl/N-ethyl adjacent to an activating group) is 1. The van der Waals surface area contributed by atoms with E-state index >= 15 is 0 Å². The third-order valence-electron chi connectivity index (χ3n) is 4.91. The number of thiazole rings is 1. The van der Waals surface area contributed by atoms with Crippen molar-refractivity contribution in [3.05, 3.63) is 85.5 Å². The highest BCUT2D eigenvalue weighted by Gasteiger charge is 2.17. The molecule has 1 aliphatic heterocycles. The summed E-state index contributed by atoms with van der Waals surface area (Å²) >= 11 is 1.55. The van der Waals surface area contributed by atoms with Crippen LogP contribution in [0.15, 0.2) is 59.5 Å². The van der Waals surface area contributed by atoms with E-state index in [1.807, 2.05) is 62.1 Å². The van der Waals surface area contributed by atoms with E-state index in [2.05, 4.69) is 39.8 Å². The van der Waals surface area contributed by atoms with Crippen LogP contribution in [0.3, 0.4) is 0 Å². The maximum absolute atomic E-state index is 13.1. The summed E-state index contributed by atoms with van der Waals surface area (Å²) in [6.45, 7) is 2.66. The summed E-state index contributed by atoms with van der Waals surface area (Å²) in [4.78, 5) is 15.2. The molecule has 0 unspecified atom stereocenters. The number of nitrogens with zero attached hydrogens (tertiary/aromatic N) is 3. The molecular weight excluding hydrogens is 354 g/mol. The number of hydrogen-bond acceptors (Lipinski definition) is 3. The monoisotopic (exact) mass is 376 g/mol. The molecule has 2 aromatic heterocycles. The quantitative estimate of drug-likeness (QED) is 0.639. The molecule has 3 aromatic rings. The Morgan fingerprint density at radius 1 is 1.11 bits per heavy atom. The highest BCUT2D eigenvalue weighted by atomic mass is 32.1. The van der Waals surface area contributed by atoms with E-state index in [1.165, 1.54) is 5.56 Å². The van der Waals surface area contributed by atoms with Crippen LogP contribution in [-0.4, -0.2) is 11.6 Å². The summed E-state index contributed by atoms with van der Waals surface area (Å²) in [5.41, 5.74) is 4.36. The molecular formula is C22H22N3OS+. The van der Waals surface area contributed by atoms with Gasteiger partial charge in [-0.15, -0.1) is 11.3 Å². The van der Waals surface area contributed by atoms with Crippen molar-refractivity contribution < 1.29 is 4.57 Å². The average molecular weight is 377 g/mol. The van der Waals surface area contributed by atoms with Crippen LogP contribution >= 0.6 is 11.3 Å². The lowest BCUT2D eigenvalue weighted by atomic mass is 10.1. The zero-order chi connectivity index (χ0) is 19.0. The first-order valence-electron chi connectivity index (χ1n) is 9.01. The van der Waals surface area contributed by atoms with Crippen molar-refractivity contribution >= 4 is 34.9 Å². The number of aryl methyl sites for hydroxylation is 1. The minimum absolute atomic E-state index is 0.0678. The number of para-hydroxylation sites is 1. The summed E-state index contributed by atoms with van der Waals surface area (Å²) in [7, 11) is 4.03. The Labute approximate surface area is 162 Å². The van der Waals surface area contributed by atoms with Gasteiger partial charge in [-0.25, -0.2) is 4.57 Å². The van der Waals surface area contributed by atoms with Gasteiger partial charge in [0.15, 0.2) is 6.20 Å². The number of pyridine rings is 1. The van der Waals surface area contributed by atoms with Gasteiger partial charge in [-0.05, 0) is 30.7 Å². The van der Waals surface area contributed by atoms with Crippen LogP contribution in [-0.2, 0) is 13.6 Å². The molecule has 5 heteroatoms. The number of hydrogen-bond donors (Lipinski definition) is 0. The lowest BCUT2D eigenvalue weighted by molar-refractivity contribution is -0.673. The lowest BCUT2D eigenvalue weighted by Crippen LogP contribution is -2.35. The molecule has 1 aromatic carbocycles. The Hall–Kier alpha value is -2.92. The molecule has 136 valence electrons. The van der Waals surface area contributed by atoms with Gasteiger partial charge in [0.05, 0.1) is 5.70 Å². The van der Waals surface area contributed by atoms with Crippen LogP contribution in [0, 0.1) is 0 Å². The maximum Gasteiger partial charge on any atom is 0.271 e. The first-order valence-corrected chi connectivity index (χ1v) is 9.83. The average Bonchev–Trinajstić information content (AvgIpc) is 2.99. The molecule has 0 aliphatic carbocycles. The van der Waals surface area contributed by atoms with Crippen molar-refractivity contribution in [3.8, 4) is 0 Å². The fourth-order valence-corrected chi connectivity index (χ4v) is 4.60. The number of fused-ring (bicyclic) bond motifs is 1. The Bertz CT molecular complexity index is 1220. The molecule has 4 rings (SSSR count). The van der Waals surface area contributed by atoms with Crippen molar-refractivity contribution in [2.45, 2.75) is 13.5 Å². The molecule has 4 nitrogen and oxygen atoms in total. The van der Waals surface area contributed by atoms with E-state index in [4.69, 9.17) is 0 Å². The highest BCUT2D eigenvalue weighted by Crippen LogP contribution is 2.29. The second-order valence-corrected chi connectivity index (χ2v) is 7.57. The smallest absolute Gasteiger partial charge is 0.271 e. The summed E-state index contributed by atoms with van der Waals surface area (Å²) in [6, 6.07) is 14.3. The topological polar surface area (TPSA) is 29.1 Å². The maximum atomic E-state index is 13.1. The van der Waals surface area contributed by atoms with Crippen molar-refractivity contribution in [1.82, 2.24) is 4.57 Å². The Morgan fingerprint density at radius 3 is 2.67 bits per heavy atom. The lowest BCUT2D eigenvalue weighted by Gasteiger charge is -2.25. The van der Waals surface area contributed by atoms with Crippen LogP contribution in [0.5, 0.6) is 0 Å². The molecule has 0 bridgehead atoms. The van der Waals surface area contributed by atoms with Gasteiger partial charge in [-0.3, -0.25) is 9.36 Å². The van der Waals surface area contributed by atoms with Crippen molar-refractivity contribution in [3.63, 3.8) is 0 Å². The molecule has 3 heterocycles. The van der Waals surface area contributed by atoms with Gasteiger partial charge in [0.2, 0.25) is 5.69 Å². The Morgan fingerprint density at radius 2 is 1.89 bits per heavy atom. The minimum Gasteiger partial charge on any atom is -0.343 e. The van der Waals surface area contributed by atoms with Crippen molar-refractivity contribution in [2.24, 2.45) is 7.05 Å². The summed E-state index contributed by atoms with van der Waals surface area (Å²) < 4.78 is 5.64. The van der Waals surface area contributed by atoms with E-state index < -0.39 is 0 Å². The van der Waals surface area contributed by atoms with Crippen LogP contribution in [0.2, 0.25) is 0 Å². The van der Waals surface area contributed by atoms with Crippen LogP contribution < -0.4 is 24.2 Å². The molecule has 0 saturated heterocycles. The zero-order valence-corrected chi connectivity index (χ0v) is 16.5. The standard InChI is InChI=1S/C22H22N3OS/c1-4-25-20(15-17-10-7-8-14-23(17)2)27-21(22(25)26)19-13-12-16-9-5-6-11-18(16)24(19)3/h5-15H,4H2,1-3H3/q+1/b21-19+. The van der Waals surface area contributed by atoms with Gasteiger partial charge in [0.1, 0.15) is 16.2 Å². The Kier molecular flexibility index (Phi) is 4.54. The predicted molar refractivity (Wildman–Crippen MR) is 112 cm³/mol. The Balaban J connectivity index is 1.97. The normalized spacial score (nSPS) is 16.0. The van der Waals surface area contributed by atoms with Gasteiger partial charge >= 0.3 is 0 Å². The second-order valence-electron chi connectivity index (χ2n) is 6.54. The van der Waals surface area contributed by atoms with Crippen LogP contribution in [0.25, 0.3) is 17.8 Å². The molecule has 0 spiro atoms. The highest BCUT2D eigenvalue weighted by molar-refractivity contribution is 7.07. The van der Waals surface area contributed by atoms with Gasteiger partial charge in [-0.2, -0.15) is 0 Å².